The first kappa shape index (κ1) is 12.0. The number of nitrogens with one attached hydrogen (secondary N) is 1. The molecule has 1 aliphatic carbocycles. The van der Waals surface area contributed by atoms with Gasteiger partial charge in [0.2, 0.25) is 0 Å². The molecule has 0 unspecified atom stereocenters. The van der Waals surface area contributed by atoms with E-state index in [2.05, 4.69) is 5.32 Å². The Morgan fingerprint density at radius 2 is 2.00 bits per heavy atom. The minimum atomic E-state index is 0.415. The number of hydrogen-bond donors (Lipinski definition) is 1. The van der Waals surface area contributed by atoms with E-state index in [1.165, 1.54) is 0 Å². The zero-order valence-corrected chi connectivity index (χ0v) is 10.2. The molecule has 1 aromatic rings. The van der Waals surface area contributed by atoms with E-state index < -0.39 is 0 Å². The lowest BCUT2D eigenvalue weighted by Crippen LogP contribution is -2.21. The summed E-state index contributed by atoms with van der Waals surface area (Å²) in [4.78, 5) is 11.1. The van der Waals surface area contributed by atoms with Crippen LogP contribution in [0.25, 0.3) is 0 Å². The van der Waals surface area contributed by atoms with Crippen molar-refractivity contribution in [2.75, 3.05) is 19.0 Å². The molecule has 1 aliphatic rings. The maximum absolute atomic E-state index is 11.1. The highest BCUT2D eigenvalue weighted by molar-refractivity contribution is 5.79. The molecular formula is C14H19NO2. The van der Waals surface area contributed by atoms with Crippen LogP contribution in [0.15, 0.2) is 24.3 Å². The number of carbonyl (C=O) groups excluding carboxylic acids is 1. The molecule has 92 valence electrons. The smallest absolute Gasteiger partial charge is 0.141 e. The molecule has 0 saturated heterocycles. The van der Waals surface area contributed by atoms with Crippen LogP contribution in [0, 0.1) is 5.92 Å². The van der Waals surface area contributed by atoms with Gasteiger partial charge >= 0.3 is 0 Å². The van der Waals surface area contributed by atoms with E-state index in [4.69, 9.17) is 4.74 Å². The van der Waals surface area contributed by atoms with Crippen molar-refractivity contribution in [3.8, 4) is 5.75 Å². The van der Waals surface area contributed by atoms with Gasteiger partial charge in [-0.1, -0.05) is 12.1 Å². The number of Topliss-reactive ketones (excluding diaryl/α,β-unsaturated/α-hetero) is 1. The van der Waals surface area contributed by atoms with Crippen molar-refractivity contribution in [1.82, 2.24) is 0 Å². The lowest BCUT2D eigenvalue weighted by atomic mass is 9.88. The number of hydrogen-bond acceptors (Lipinski definition) is 3. The Morgan fingerprint density at radius 3 is 2.71 bits per heavy atom. The minimum Gasteiger partial charge on any atom is -0.495 e. The Bertz CT molecular complexity index is 380. The summed E-state index contributed by atoms with van der Waals surface area (Å²) < 4.78 is 5.29. The Kier molecular flexibility index (Phi) is 4.02. The normalized spacial score (nSPS) is 16.9. The quantitative estimate of drug-likeness (QED) is 0.869. The van der Waals surface area contributed by atoms with Crippen molar-refractivity contribution in [3.05, 3.63) is 24.3 Å². The molecule has 3 heteroatoms. The van der Waals surface area contributed by atoms with Gasteiger partial charge in [-0.3, -0.25) is 4.79 Å². The molecule has 0 spiro atoms. The summed E-state index contributed by atoms with van der Waals surface area (Å²) in [5, 5.41) is 3.41. The average molecular weight is 233 g/mol. The van der Waals surface area contributed by atoms with Crippen LogP contribution in [-0.2, 0) is 4.79 Å². The van der Waals surface area contributed by atoms with E-state index >= 15 is 0 Å². The van der Waals surface area contributed by atoms with Gasteiger partial charge in [-0.2, -0.15) is 0 Å². The SMILES string of the molecule is COc1ccccc1NCC1CCC(=O)CC1. The Balaban J connectivity index is 1.87. The second kappa shape index (κ2) is 5.71. The molecule has 0 aromatic heterocycles. The topological polar surface area (TPSA) is 38.3 Å². The second-order valence-corrected chi connectivity index (χ2v) is 4.56. The number of anilines is 1. The zero-order valence-electron chi connectivity index (χ0n) is 10.2. The van der Waals surface area contributed by atoms with Crippen LogP contribution in [0.5, 0.6) is 5.75 Å². The molecule has 0 aliphatic heterocycles. The molecule has 2 rings (SSSR count). The third-order valence-electron chi connectivity index (χ3n) is 3.35. The van der Waals surface area contributed by atoms with Crippen molar-refractivity contribution >= 4 is 11.5 Å². The fourth-order valence-electron chi connectivity index (χ4n) is 2.25. The van der Waals surface area contributed by atoms with Crippen LogP contribution in [-0.4, -0.2) is 19.4 Å². The molecule has 1 aromatic carbocycles. The van der Waals surface area contributed by atoms with Crippen molar-refractivity contribution in [2.24, 2.45) is 5.92 Å². The molecule has 0 radical (unpaired) electrons. The van der Waals surface area contributed by atoms with Gasteiger partial charge in [0.05, 0.1) is 12.8 Å². The molecule has 1 fully saturated rings. The van der Waals surface area contributed by atoms with E-state index in [1.807, 2.05) is 24.3 Å². The highest BCUT2D eigenvalue weighted by atomic mass is 16.5. The number of para-hydroxylation sites is 2. The summed E-state index contributed by atoms with van der Waals surface area (Å²) in [6, 6.07) is 7.93. The molecule has 17 heavy (non-hydrogen) atoms. The predicted octanol–water partition coefficient (Wildman–Crippen LogP) is 2.87. The third-order valence-corrected chi connectivity index (χ3v) is 3.35. The number of carbonyl (C=O) groups is 1. The van der Waals surface area contributed by atoms with Crippen molar-refractivity contribution in [3.63, 3.8) is 0 Å². The lowest BCUT2D eigenvalue weighted by molar-refractivity contribution is -0.120. The van der Waals surface area contributed by atoms with Gasteiger partial charge in [0, 0.05) is 19.4 Å². The second-order valence-electron chi connectivity index (χ2n) is 4.56. The maximum Gasteiger partial charge on any atom is 0.141 e. The van der Waals surface area contributed by atoms with Crippen LogP contribution in [0.2, 0.25) is 0 Å². The summed E-state index contributed by atoms with van der Waals surface area (Å²) >= 11 is 0. The van der Waals surface area contributed by atoms with Crippen LogP contribution in [0.4, 0.5) is 5.69 Å². The Morgan fingerprint density at radius 1 is 1.29 bits per heavy atom. The lowest BCUT2D eigenvalue weighted by Gasteiger charge is -2.22. The van der Waals surface area contributed by atoms with Gasteiger partial charge in [-0.15, -0.1) is 0 Å². The summed E-state index contributed by atoms with van der Waals surface area (Å²) in [5.41, 5.74) is 1.03. The first-order chi connectivity index (χ1) is 8.29. The number of benzene rings is 1. The van der Waals surface area contributed by atoms with E-state index in [-0.39, 0.29) is 0 Å². The zero-order chi connectivity index (χ0) is 12.1. The highest BCUT2D eigenvalue weighted by Gasteiger charge is 2.18. The van der Waals surface area contributed by atoms with E-state index in [1.54, 1.807) is 7.11 Å². The Labute approximate surface area is 102 Å². The van der Waals surface area contributed by atoms with Crippen LogP contribution in [0.1, 0.15) is 25.7 Å². The average Bonchev–Trinajstić information content (AvgIpc) is 2.38. The number of ether oxygens (including phenoxy) is 1. The summed E-state index contributed by atoms with van der Waals surface area (Å²) in [5.74, 6) is 1.90. The number of rotatable bonds is 4. The van der Waals surface area contributed by atoms with Crippen molar-refractivity contribution in [2.45, 2.75) is 25.7 Å². The molecule has 3 nitrogen and oxygen atoms in total. The van der Waals surface area contributed by atoms with Gasteiger partial charge in [0.15, 0.2) is 0 Å². The van der Waals surface area contributed by atoms with E-state index in [0.29, 0.717) is 11.7 Å². The van der Waals surface area contributed by atoms with Gasteiger partial charge in [0.1, 0.15) is 11.5 Å². The minimum absolute atomic E-state index is 0.415. The van der Waals surface area contributed by atoms with Crippen molar-refractivity contribution < 1.29 is 9.53 Å². The molecular weight excluding hydrogens is 214 g/mol. The summed E-state index contributed by atoms with van der Waals surface area (Å²) in [6.45, 7) is 0.924. The predicted molar refractivity (Wildman–Crippen MR) is 68.4 cm³/mol. The summed E-state index contributed by atoms with van der Waals surface area (Å²) in [6.07, 6.45) is 3.53. The van der Waals surface area contributed by atoms with Gasteiger partial charge in [0.25, 0.3) is 0 Å². The highest BCUT2D eigenvalue weighted by Crippen LogP contribution is 2.26. The molecule has 1 saturated carbocycles. The first-order valence-electron chi connectivity index (χ1n) is 6.18. The fourth-order valence-corrected chi connectivity index (χ4v) is 2.25. The Hall–Kier alpha value is -1.51. The molecule has 0 amide bonds. The van der Waals surface area contributed by atoms with E-state index in [0.717, 1.165) is 43.7 Å². The van der Waals surface area contributed by atoms with Gasteiger partial charge < -0.3 is 10.1 Å². The van der Waals surface area contributed by atoms with Crippen LogP contribution in [0.3, 0.4) is 0 Å². The summed E-state index contributed by atoms with van der Waals surface area (Å²) in [7, 11) is 1.68. The van der Waals surface area contributed by atoms with E-state index in [9.17, 15) is 4.79 Å². The van der Waals surface area contributed by atoms with Crippen molar-refractivity contribution in [1.29, 1.82) is 0 Å². The van der Waals surface area contributed by atoms with Gasteiger partial charge in [-0.25, -0.2) is 0 Å². The molecule has 1 N–H and O–H groups in total. The fraction of sp³-hybridized carbons (Fsp3) is 0.500. The standard InChI is InChI=1S/C14H19NO2/c1-17-14-5-3-2-4-13(14)15-10-11-6-8-12(16)9-7-11/h2-5,11,15H,6-10H2,1H3. The third kappa shape index (κ3) is 3.22. The van der Waals surface area contributed by atoms with Crippen LogP contribution >= 0.6 is 0 Å². The molecule has 0 bridgehead atoms. The number of methoxy groups -OCH3 is 1. The largest absolute Gasteiger partial charge is 0.495 e. The maximum atomic E-state index is 11.1. The van der Waals surface area contributed by atoms with Crippen LogP contribution < -0.4 is 10.1 Å². The molecule has 0 heterocycles. The number of ketones is 1. The molecule has 0 atom stereocenters. The monoisotopic (exact) mass is 233 g/mol. The first-order valence-corrected chi connectivity index (χ1v) is 6.18. The van der Waals surface area contributed by atoms with Gasteiger partial charge in [-0.05, 0) is 30.9 Å².